The SMILES string of the molecule is CCNC(=NCc1ccc(C(=O)NC(C)CC)cc1)NCCCn1cccn1. The molecular formula is C21H32N6O. The maximum atomic E-state index is 12.1. The van der Waals surface area contributed by atoms with E-state index in [0.717, 1.165) is 44.0 Å². The minimum atomic E-state index is -0.0309. The molecule has 0 aliphatic heterocycles. The number of carbonyl (C=O) groups is 1. The second-order valence-corrected chi connectivity index (χ2v) is 6.72. The highest BCUT2D eigenvalue weighted by atomic mass is 16.1. The van der Waals surface area contributed by atoms with Crippen LogP contribution in [0, 0.1) is 0 Å². The van der Waals surface area contributed by atoms with E-state index in [4.69, 9.17) is 0 Å². The number of guanidine groups is 1. The van der Waals surface area contributed by atoms with Gasteiger partial charge in [0, 0.05) is 43.6 Å². The van der Waals surface area contributed by atoms with Crippen molar-refractivity contribution in [1.29, 1.82) is 0 Å². The molecule has 0 aliphatic rings. The Morgan fingerprint density at radius 1 is 1.21 bits per heavy atom. The minimum Gasteiger partial charge on any atom is -0.357 e. The third-order valence-corrected chi connectivity index (χ3v) is 4.39. The molecule has 0 fully saturated rings. The number of nitrogens with one attached hydrogen (secondary N) is 3. The van der Waals surface area contributed by atoms with Crippen molar-refractivity contribution >= 4 is 11.9 Å². The standard InChI is InChI=1S/C21H32N6O/c1-4-17(3)26-20(28)19-10-8-18(9-11-19)16-24-21(22-5-2)23-12-6-14-27-15-7-13-25-27/h7-11,13,15,17H,4-6,12,14,16H2,1-3H3,(H,26,28)(H2,22,23,24). The van der Waals surface area contributed by atoms with Crippen molar-refractivity contribution in [2.75, 3.05) is 13.1 Å². The number of nitrogens with zero attached hydrogens (tertiary/aromatic N) is 3. The summed E-state index contributed by atoms with van der Waals surface area (Å²) < 4.78 is 1.92. The van der Waals surface area contributed by atoms with E-state index in [-0.39, 0.29) is 11.9 Å². The zero-order valence-electron chi connectivity index (χ0n) is 17.1. The lowest BCUT2D eigenvalue weighted by Gasteiger charge is -2.12. The highest BCUT2D eigenvalue weighted by Gasteiger charge is 2.08. The topological polar surface area (TPSA) is 83.3 Å². The summed E-state index contributed by atoms with van der Waals surface area (Å²) in [5.41, 5.74) is 1.74. The van der Waals surface area contributed by atoms with Crippen LogP contribution in [0.5, 0.6) is 0 Å². The maximum Gasteiger partial charge on any atom is 0.251 e. The number of hydrogen-bond acceptors (Lipinski definition) is 3. The molecule has 0 aliphatic carbocycles. The van der Waals surface area contributed by atoms with Gasteiger partial charge in [0.15, 0.2) is 5.96 Å². The van der Waals surface area contributed by atoms with Gasteiger partial charge in [-0.3, -0.25) is 9.48 Å². The molecule has 1 aromatic heterocycles. The largest absolute Gasteiger partial charge is 0.357 e. The Morgan fingerprint density at radius 2 is 2.00 bits per heavy atom. The molecule has 1 aromatic carbocycles. The molecule has 1 atom stereocenters. The molecule has 1 unspecified atom stereocenters. The van der Waals surface area contributed by atoms with Gasteiger partial charge in [-0.2, -0.15) is 5.10 Å². The normalized spacial score (nSPS) is 12.5. The van der Waals surface area contributed by atoms with Crippen LogP contribution in [0.15, 0.2) is 47.7 Å². The van der Waals surface area contributed by atoms with Crippen molar-refractivity contribution < 1.29 is 4.79 Å². The fourth-order valence-electron chi connectivity index (χ4n) is 2.56. The van der Waals surface area contributed by atoms with Crippen LogP contribution in [-0.2, 0) is 13.1 Å². The zero-order chi connectivity index (χ0) is 20.2. The van der Waals surface area contributed by atoms with E-state index < -0.39 is 0 Å². The summed E-state index contributed by atoms with van der Waals surface area (Å²) in [6.45, 7) is 9.16. The lowest BCUT2D eigenvalue weighted by atomic mass is 10.1. The molecule has 3 N–H and O–H groups in total. The summed E-state index contributed by atoms with van der Waals surface area (Å²) in [6.07, 6.45) is 5.64. The maximum absolute atomic E-state index is 12.1. The first-order chi connectivity index (χ1) is 13.6. The smallest absolute Gasteiger partial charge is 0.251 e. The van der Waals surface area contributed by atoms with E-state index in [9.17, 15) is 4.79 Å². The van der Waals surface area contributed by atoms with Crippen LogP contribution in [0.4, 0.5) is 0 Å². The van der Waals surface area contributed by atoms with Crippen molar-refractivity contribution in [3.05, 3.63) is 53.9 Å². The Kier molecular flexibility index (Phi) is 9.04. The molecule has 28 heavy (non-hydrogen) atoms. The van der Waals surface area contributed by atoms with E-state index in [1.165, 1.54) is 0 Å². The monoisotopic (exact) mass is 384 g/mol. The Labute approximate surface area is 167 Å². The second kappa shape index (κ2) is 11.8. The van der Waals surface area contributed by atoms with Crippen LogP contribution in [0.1, 0.15) is 49.5 Å². The molecule has 7 nitrogen and oxygen atoms in total. The summed E-state index contributed by atoms with van der Waals surface area (Å²) in [5, 5.41) is 13.8. The first kappa shape index (κ1) is 21.5. The number of hydrogen-bond donors (Lipinski definition) is 3. The first-order valence-corrected chi connectivity index (χ1v) is 10.0. The number of amides is 1. The second-order valence-electron chi connectivity index (χ2n) is 6.72. The number of benzene rings is 1. The van der Waals surface area contributed by atoms with Crippen LogP contribution in [0.3, 0.4) is 0 Å². The lowest BCUT2D eigenvalue weighted by Crippen LogP contribution is -2.38. The van der Waals surface area contributed by atoms with Crippen molar-refractivity contribution in [2.24, 2.45) is 4.99 Å². The van der Waals surface area contributed by atoms with Gasteiger partial charge in [0.05, 0.1) is 6.54 Å². The predicted molar refractivity (Wildman–Crippen MR) is 113 cm³/mol. The Bertz CT molecular complexity index is 724. The summed E-state index contributed by atoms with van der Waals surface area (Å²) in [4.78, 5) is 16.8. The molecule has 0 saturated carbocycles. The molecule has 2 aromatic rings. The highest BCUT2D eigenvalue weighted by Crippen LogP contribution is 2.06. The van der Waals surface area contributed by atoms with Crippen molar-refractivity contribution in [3.63, 3.8) is 0 Å². The number of carbonyl (C=O) groups excluding carboxylic acids is 1. The first-order valence-electron chi connectivity index (χ1n) is 10.0. The van der Waals surface area contributed by atoms with Gasteiger partial charge in [-0.15, -0.1) is 0 Å². The molecule has 7 heteroatoms. The van der Waals surface area contributed by atoms with E-state index in [0.29, 0.717) is 12.1 Å². The van der Waals surface area contributed by atoms with Gasteiger partial charge in [0.2, 0.25) is 0 Å². The van der Waals surface area contributed by atoms with Crippen LogP contribution in [0.2, 0.25) is 0 Å². The van der Waals surface area contributed by atoms with Gasteiger partial charge >= 0.3 is 0 Å². The van der Waals surface area contributed by atoms with Crippen LogP contribution in [0.25, 0.3) is 0 Å². The molecule has 152 valence electrons. The zero-order valence-corrected chi connectivity index (χ0v) is 17.1. The van der Waals surface area contributed by atoms with Crippen molar-refractivity contribution in [1.82, 2.24) is 25.7 Å². The number of rotatable bonds is 10. The Balaban J connectivity index is 1.82. The van der Waals surface area contributed by atoms with Crippen molar-refractivity contribution in [3.8, 4) is 0 Å². The highest BCUT2D eigenvalue weighted by molar-refractivity contribution is 5.94. The van der Waals surface area contributed by atoms with Gasteiger partial charge in [-0.05, 0) is 50.5 Å². The summed E-state index contributed by atoms with van der Waals surface area (Å²) >= 11 is 0. The fraction of sp³-hybridized carbons (Fsp3) is 0.476. The molecule has 0 saturated heterocycles. The average molecular weight is 385 g/mol. The van der Waals surface area contributed by atoms with Gasteiger partial charge < -0.3 is 16.0 Å². The average Bonchev–Trinajstić information content (AvgIpc) is 3.23. The van der Waals surface area contributed by atoms with E-state index in [1.807, 2.05) is 55.1 Å². The van der Waals surface area contributed by atoms with E-state index in [2.05, 4.69) is 33.0 Å². The molecule has 0 radical (unpaired) electrons. The quantitative estimate of drug-likeness (QED) is 0.334. The summed E-state index contributed by atoms with van der Waals surface area (Å²) in [6, 6.07) is 9.73. The van der Waals surface area contributed by atoms with Gasteiger partial charge in [-0.25, -0.2) is 4.99 Å². The van der Waals surface area contributed by atoms with Crippen LogP contribution >= 0.6 is 0 Å². The predicted octanol–water partition coefficient (Wildman–Crippen LogP) is 2.56. The number of aryl methyl sites for hydroxylation is 1. The summed E-state index contributed by atoms with van der Waals surface area (Å²) in [7, 11) is 0. The minimum absolute atomic E-state index is 0.0309. The third kappa shape index (κ3) is 7.42. The number of aliphatic imine (C=N–C) groups is 1. The molecule has 2 rings (SSSR count). The molecule has 0 bridgehead atoms. The molecular weight excluding hydrogens is 352 g/mol. The van der Waals surface area contributed by atoms with E-state index >= 15 is 0 Å². The van der Waals surface area contributed by atoms with Gasteiger partial charge in [-0.1, -0.05) is 19.1 Å². The number of aromatic nitrogens is 2. The fourth-order valence-corrected chi connectivity index (χ4v) is 2.56. The van der Waals surface area contributed by atoms with Crippen LogP contribution < -0.4 is 16.0 Å². The third-order valence-electron chi connectivity index (χ3n) is 4.39. The molecule has 0 spiro atoms. The van der Waals surface area contributed by atoms with Gasteiger partial charge in [0.1, 0.15) is 0 Å². The van der Waals surface area contributed by atoms with Crippen molar-refractivity contribution in [2.45, 2.75) is 52.7 Å². The van der Waals surface area contributed by atoms with Gasteiger partial charge in [0.25, 0.3) is 5.91 Å². The Morgan fingerprint density at radius 3 is 2.64 bits per heavy atom. The molecule has 1 amide bonds. The molecule has 1 heterocycles. The summed E-state index contributed by atoms with van der Waals surface area (Å²) in [5.74, 6) is 0.762. The van der Waals surface area contributed by atoms with Crippen LogP contribution in [-0.4, -0.2) is 40.8 Å². The van der Waals surface area contributed by atoms with E-state index in [1.54, 1.807) is 6.20 Å². The lowest BCUT2D eigenvalue weighted by molar-refractivity contribution is 0.0939. The Hall–Kier alpha value is -2.83.